The number of rotatable bonds is 11. The average molecular weight is 663 g/mol. The minimum Gasteiger partial charge on any atom is -0.481 e. The van der Waals surface area contributed by atoms with Crippen LogP contribution in [-0.2, 0) is 25.5 Å². The molecule has 2 amide bonds. The summed E-state index contributed by atoms with van der Waals surface area (Å²) < 4.78 is 6.67. The molecule has 46 heavy (non-hydrogen) atoms. The SMILES string of the molecule is CCCC(C(=O)NCC1(C(=O)O)CCCC1)N1C(=O)[C@@H](Cc2ccc(C#N)cc2)O[C@H](c2ccc(Cl)cc2)[C@@H]1c1ccc(Cl)cc1. The van der Waals surface area contributed by atoms with Crippen LogP contribution in [0, 0.1) is 16.7 Å². The second-order valence-electron chi connectivity index (χ2n) is 12.2. The highest BCUT2D eigenvalue weighted by atomic mass is 35.5. The van der Waals surface area contributed by atoms with Crippen LogP contribution in [-0.4, -0.2) is 46.5 Å². The Hall–Kier alpha value is -3.90. The Morgan fingerprint density at radius 1 is 1.00 bits per heavy atom. The van der Waals surface area contributed by atoms with Gasteiger partial charge in [0.1, 0.15) is 18.2 Å². The molecule has 0 spiro atoms. The molecular weight excluding hydrogens is 625 g/mol. The van der Waals surface area contributed by atoms with E-state index in [1.165, 1.54) is 0 Å². The molecule has 0 aromatic heterocycles. The first-order valence-corrected chi connectivity index (χ1v) is 16.4. The Morgan fingerprint density at radius 2 is 1.59 bits per heavy atom. The molecule has 1 heterocycles. The molecule has 2 aliphatic rings. The summed E-state index contributed by atoms with van der Waals surface area (Å²) in [5.74, 6) is -1.66. The van der Waals surface area contributed by atoms with Gasteiger partial charge in [-0.05, 0) is 72.4 Å². The highest BCUT2D eigenvalue weighted by Crippen LogP contribution is 2.45. The number of benzene rings is 3. The quantitative estimate of drug-likeness (QED) is 0.227. The number of halogens is 2. The summed E-state index contributed by atoms with van der Waals surface area (Å²) in [7, 11) is 0. The Labute approximate surface area is 279 Å². The fourth-order valence-electron chi connectivity index (χ4n) is 6.64. The molecule has 2 fully saturated rings. The number of nitriles is 1. The minimum atomic E-state index is -1.01. The van der Waals surface area contributed by atoms with Crippen LogP contribution in [0.4, 0.5) is 0 Å². The van der Waals surface area contributed by atoms with E-state index in [2.05, 4.69) is 11.4 Å². The smallest absolute Gasteiger partial charge is 0.311 e. The van der Waals surface area contributed by atoms with Crippen LogP contribution in [0.3, 0.4) is 0 Å². The van der Waals surface area contributed by atoms with Crippen LogP contribution >= 0.6 is 23.2 Å². The predicted octanol–water partition coefficient (Wildman–Crippen LogP) is 7.05. The number of hydrogen-bond acceptors (Lipinski definition) is 5. The molecule has 0 bridgehead atoms. The van der Waals surface area contributed by atoms with E-state index < -0.39 is 41.6 Å². The van der Waals surface area contributed by atoms with Crippen LogP contribution in [0.2, 0.25) is 10.0 Å². The van der Waals surface area contributed by atoms with Crippen LogP contribution in [0.5, 0.6) is 0 Å². The van der Waals surface area contributed by atoms with Gasteiger partial charge in [0.25, 0.3) is 5.91 Å². The number of ether oxygens (including phenoxy) is 1. The third-order valence-corrected chi connectivity index (χ3v) is 9.66. The highest BCUT2D eigenvalue weighted by Gasteiger charge is 2.49. The van der Waals surface area contributed by atoms with E-state index in [0.29, 0.717) is 41.3 Å². The zero-order valence-corrected chi connectivity index (χ0v) is 27.1. The van der Waals surface area contributed by atoms with Gasteiger partial charge in [0.15, 0.2) is 0 Å². The molecule has 10 heteroatoms. The maximum atomic E-state index is 14.6. The summed E-state index contributed by atoms with van der Waals surface area (Å²) in [6.45, 7) is 1.95. The number of aliphatic carboxylic acids is 1. The molecule has 4 atom stereocenters. The normalized spacial score (nSPS) is 21.4. The molecular formula is C36H37Cl2N3O5. The molecule has 1 aliphatic carbocycles. The number of carbonyl (C=O) groups excluding carboxylic acids is 2. The number of nitrogens with zero attached hydrogens (tertiary/aromatic N) is 2. The standard InChI is InChI=1S/C36H37Cl2N3O5/c1-2-5-29(33(42)40-22-36(35(44)45)18-3-4-19-36)41-31(25-10-14-27(37)15-11-25)32(26-12-16-28(38)17-13-26)46-30(34(41)43)20-23-6-8-24(21-39)9-7-23/h6-17,29-32H,2-5,18-20,22H2,1H3,(H,40,42)(H,44,45)/t29?,30-,31+,32-/m1/s1. The van der Waals surface area contributed by atoms with Gasteiger partial charge in [0.05, 0.1) is 23.1 Å². The van der Waals surface area contributed by atoms with Crippen molar-refractivity contribution in [1.82, 2.24) is 10.2 Å². The van der Waals surface area contributed by atoms with Gasteiger partial charge in [0.2, 0.25) is 5.91 Å². The van der Waals surface area contributed by atoms with Gasteiger partial charge in [0, 0.05) is 23.0 Å². The molecule has 3 aromatic carbocycles. The molecule has 240 valence electrons. The molecule has 0 radical (unpaired) electrons. The summed E-state index contributed by atoms with van der Waals surface area (Å²) in [5.41, 5.74) is 1.81. The van der Waals surface area contributed by atoms with Crippen LogP contribution < -0.4 is 5.32 Å². The summed E-state index contributed by atoms with van der Waals surface area (Å²) in [4.78, 5) is 42.7. The maximum Gasteiger partial charge on any atom is 0.311 e. The zero-order chi connectivity index (χ0) is 32.8. The maximum absolute atomic E-state index is 14.6. The number of carboxylic acids is 1. The minimum absolute atomic E-state index is 0.000799. The van der Waals surface area contributed by atoms with E-state index in [0.717, 1.165) is 29.5 Å². The van der Waals surface area contributed by atoms with E-state index in [9.17, 15) is 24.8 Å². The van der Waals surface area contributed by atoms with Gasteiger partial charge >= 0.3 is 5.97 Å². The van der Waals surface area contributed by atoms with Crippen molar-refractivity contribution in [2.75, 3.05) is 6.54 Å². The monoisotopic (exact) mass is 661 g/mol. The van der Waals surface area contributed by atoms with Gasteiger partial charge < -0.3 is 20.1 Å². The van der Waals surface area contributed by atoms with E-state index in [-0.39, 0.29) is 18.9 Å². The van der Waals surface area contributed by atoms with E-state index in [1.807, 2.05) is 31.2 Å². The van der Waals surface area contributed by atoms with Crippen LogP contribution in [0.25, 0.3) is 0 Å². The third kappa shape index (κ3) is 7.23. The Balaban J connectivity index is 1.58. The second-order valence-corrected chi connectivity index (χ2v) is 13.0. The van der Waals surface area contributed by atoms with Gasteiger partial charge in [-0.25, -0.2) is 0 Å². The summed E-state index contributed by atoms with van der Waals surface area (Å²) in [5, 5.41) is 23.3. The van der Waals surface area contributed by atoms with Crippen molar-refractivity contribution < 1.29 is 24.2 Å². The fourth-order valence-corrected chi connectivity index (χ4v) is 6.89. The lowest BCUT2D eigenvalue weighted by Crippen LogP contribution is -2.59. The Morgan fingerprint density at radius 3 is 2.13 bits per heavy atom. The van der Waals surface area contributed by atoms with E-state index in [4.69, 9.17) is 27.9 Å². The number of carboxylic acid groups (broad SMARTS) is 1. The first kappa shape index (κ1) is 33.5. The van der Waals surface area contributed by atoms with Gasteiger partial charge in [-0.15, -0.1) is 0 Å². The van der Waals surface area contributed by atoms with Crippen LogP contribution in [0.15, 0.2) is 72.8 Å². The number of carbonyl (C=O) groups is 3. The molecule has 2 N–H and O–H groups in total. The fraction of sp³-hybridized carbons (Fsp3) is 0.389. The predicted molar refractivity (Wildman–Crippen MR) is 175 cm³/mol. The first-order valence-electron chi connectivity index (χ1n) is 15.6. The molecule has 8 nitrogen and oxygen atoms in total. The van der Waals surface area contributed by atoms with Crippen molar-refractivity contribution >= 4 is 41.0 Å². The van der Waals surface area contributed by atoms with Crippen molar-refractivity contribution in [3.8, 4) is 6.07 Å². The van der Waals surface area contributed by atoms with Gasteiger partial charge in [-0.3, -0.25) is 14.4 Å². The largest absolute Gasteiger partial charge is 0.481 e. The average Bonchev–Trinajstić information content (AvgIpc) is 3.55. The van der Waals surface area contributed by atoms with E-state index in [1.54, 1.807) is 53.4 Å². The number of morpholine rings is 1. The Kier molecular flexibility index (Phi) is 10.7. The van der Waals surface area contributed by atoms with Gasteiger partial charge in [-0.1, -0.05) is 85.8 Å². The van der Waals surface area contributed by atoms with Crippen LogP contribution in [0.1, 0.15) is 79.8 Å². The number of amides is 2. The number of nitrogens with one attached hydrogen (secondary N) is 1. The summed E-state index contributed by atoms with van der Waals surface area (Å²) >= 11 is 12.5. The summed E-state index contributed by atoms with van der Waals surface area (Å²) in [6.07, 6.45) is 2.15. The second kappa shape index (κ2) is 14.7. The first-order chi connectivity index (χ1) is 22.2. The molecule has 1 saturated heterocycles. The van der Waals surface area contributed by atoms with Crippen molar-refractivity contribution in [2.24, 2.45) is 5.41 Å². The van der Waals surface area contributed by atoms with Crippen molar-refractivity contribution in [3.05, 3.63) is 105 Å². The highest BCUT2D eigenvalue weighted by molar-refractivity contribution is 6.30. The summed E-state index contributed by atoms with van der Waals surface area (Å²) in [6, 6.07) is 21.9. The zero-order valence-electron chi connectivity index (χ0n) is 25.6. The Bertz CT molecular complexity index is 1580. The van der Waals surface area contributed by atoms with Gasteiger partial charge in [-0.2, -0.15) is 5.26 Å². The molecule has 1 aliphatic heterocycles. The lowest BCUT2D eigenvalue weighted by molar-refractivity contribution is -0.181. The molecule has 1 saturated carbocycles. The third-order valence-electron chi connectivity index (χ3n) is 9.16. The van der Waals surface area contributed by atoms with Crippen molar-refractivity contribution in [1.29, 1.82) is 5.26 Å². The van der Waals surface area contributed by atoms with E-state index >= 15 is 0 Å². The van der Waals surface area contributed by atoms with Crippen molar-refractivity contribution in [3.63, 3.8) is 0 Å². The molecule has 5 rings (SSSR count). The number of hydrogen-bond donors (Lipinski definition) is 2. The lowest BCUT2D eigenvalue weighted by Gasteiger charge is -2.48. The molecule has 1 unspecified atom stereocenters. The lowest BCUT2D eigenvalue weighted by atomic mass is 9.86. The topological polar surface area (TPSA) is 120 Å². The van der Waals surface area contributed by atoms with Crippen molar-refractivity contribution in [2.45, 2.75) is 76.2 Å². The molecule has 3 aromatic rings.